The lowest BCUT2D eigenvalue weighted by Gasteiger charge is -2.28. The molecule has 2 rings (SSSR count). The topological polar surface area (TPSA) is 66.5 Å². The Labute approximate surface area is 172 Å². The van der Waals surface area contributed by atoms with Crippen LogP contribution >= 0.6 is 11.8 Å². The fraction of sp³-hybridized carbons (Fsp3) is 0.381. The summed E-state index contributed by atoms with van der Waals surface area (Å²) in [6, 6.07) is 14.5. The van der Waals surface area contributed by atoms with Crippen LogP contribution in [0.2, 0.25) is 0 Å². The lowest BCUT2D eigenvalue weighted by Crippen LogP contribution is -2.48. The van der Waals surface area contributed by atoms with E-state index in [1.54, 1.807) is 30.8 Å². The zero-order valence-corrected chi connectivity index (χ0v) is 18.4. The molecular formula is C21H28N2O3S2. The van der Waals surface area contributed by atoms with Gasteiger partial charge in [0.05, 0.1) is 11.9 Å². The molecule has 0 spiro atoms. The van der Waals surface area contributed by atoms with Crippen molar-refractivity contribution in [3.63, 3.8) is 0 Å². The lowest BCUT2D eigenvalue weighted by molar-refractivity contribution is -0.121. The molecule has 0 bridgehead atoms. The first-order valence-electron chi connectivity index (χ1n) is 9.16. The largest absolute Gasteiger partial charge is 0.353 e. The summed E-state index contributed by atoms with van der Waals surface area (Å²) < 4.78 is 25.7. The number of aryl methyl sites for hydroxylation is 2. The van der Waals surface area contributed by atoms with Gasteiger partial charge in [0.15, 0.2) is 0 Å². The number of anilines is 1. The molecule has 28 heavy (non-hydrogen) atoms. The van der Waals surface area contributed by atoms with E-state index in [0.717, 1.165) is 23.3 Å². The van der Waals surface area contributed by atoms with E-state index in [1.165, 1.54) is 15.4 Å². The molecule has 1 atom stereocenters. The predicted molar refractivity (Wildman–Crippen MR) is 118 cm³/mol. The van der Waals surface area contributed by atoms with Crippen LogP contribution in [0.15, 0.2) is 48.5 Å². The maximum Gasteiger partial charge on any atom is 0.243 e. The van der Waals surface area contributed by atoms with Crippen LogP contribution in [-0.4, -0.2) is 38.9 Å². The van der Waals surface area contributed by atoms with Gasteiger partial charge in [-0.15, -0.1) is 0 Å². The normalized spacial score (nSPS) is 12.4. The number of thioether (sulfide) groups is 1. The molecule has 152 valence electrons. The Bertz CT molecular complexity index is 896. The molecule has 2 aromatic carbocycles. The van der Waals surface area contributed by atoms with Gasteiger partial charge in [0.25, 0.3) is 0 Å². The Kier molecular flexibility index (Phi) is 7.95. The van der Waals surface area contributed by atoms with Gasteiger partial charge in [-0.05, 0) is 44.0 Å². The minimum atomic E-state index is -3.58. The van der Waals surface area contributed by atoms with Gasteiger partial charge >= 0.3 is 0 Å². The zero-order valence-electron chi connectivity index (χ0n) is 16.8. The van der Waals surface area contributed by atoms with Gasteiger partial charge in [-0.1, -0.05) is 42.0 Å². The van der Waals surface area contributed by atoms with Crippen molar-refractivity contribution in [3.05, 3.63) is 65.2 Å². The molecule has 5 nitrogen and oxygen atoms in total. The molecular weight excluding hydrogens is 392 g/mol. The van der Waals surface area contributed by atoms with E-state index in [2.05, 4.69) is 24.4 Å². The highest BCUT2D eigenvalue weighted by molar-refractivity contribution is 7.98. The predicted octanol–water partition coefficient (Wildman–Crippen LogP) is 3.51. The van der Waals surface area contributed by atoms with E-state index < -0.39 is 16.1 Å². The van der Waals surface area contributed by atoms with Crippen molar-refractivity contribution in [2.24, 2.45) is 0 Å². The van der Waals surface area contributed by atoms with E-state index in [9.17, 15) is 13.2 Å². The lowest BCUT2D eigenvalue weighted by atomic mass is 10.1. The van der Waals surface area contributed by atoms with Crippen molar-refractivity contribution in [3.8, 4) is 0 Å². The number of nitrogens with one attached hydrogen (secondary N) is 1. The van der Waals surface area contributed by atoms with Crippen LogP contribution in [0.3, 0.4) is 0 Å². The Balaban J connectivity index is 1.90. The van der Waals surface area contributed by atoms with E-state index in [4.69, 9.17) is 0 Å². The quantitative estimate of drug-likeness (QED) is 0.631. The summed E-state index contributed by atoms with van der Waals surface area (Å²) in [7, 11) is -3.58. The Morgan fingerprint density at radius 3 is 2.36 bits per heavy atom. The second kappa shape index (κ2) is 9.98. The summed E-state index contributed by atoms with van der Waals surface area (Å²) >= 11 is 1.74. The summed E-state index contributed by atoms with van der Waals surface area (Å²) in [6.07, 6.45) is 1.12. The molecule has 1 amide bonds. The molecule has 0 saturated carbocycles. The first-order valence-corrected chi connectivity index (χ1v) is 12.2. The number of sulfonamides is 1. The number of amides is 1. The van der Waals surface area contributed by atoms with Gasteiger partial charge in [-0.2, -0.15) is 11.8 Å². The summed E-state index contributed by atoms with van der Waals surface area (Å²) in [5.41, 5.74) is 4.06. The first-order chi connectivity index (χ1) is 13.2. The molecule has 0 aliphatic rings. The molecule has 7 heteroatoms. The van der Waals surface area contributed by atoms with Gasteiger partial charge in [-0.3, -0.25) is 9.10 Å². The second-order valence-electron chi connectivity index (χ2n) is 6.84. The zero-order chi connectivity index (χ0) is 20.7. The molecule has 0 aromatic heterocycles. The number of carbonyl (C=O) groups is 1. The summed E-state index contributed by atoms with van der Waals surface area (Å²) in [6.45, 7) is 6.12. The SMILES string of the molecule is Cc1ccc(N(C(C)C(=O)NCCSCc2ccccc2C)S(C)(=O)=O)cc1. The monoisotopic (exact) mass is 420 g/mol. The first kappa shape index (κ1) is 22.3. The van der Waals surface area contributed by atoms with Crippen molar-refractivity contribution in [2.75, 3.05) is 22.9 Å². The molecule has 0 heterocycles. The molecule has 1 unspecified atom stereocenters. The van der Waals surface area contributed by atoms with Crippen molar-refractivity contribution in [2.45, 2.75) is 32.6 Å². The Morgan fingerprint density at radius 2 is 1.75 bits per heavy atom. The van der Waals surface area contributed by atoms with Gasteiger partial charge < -0.3 is 5.32 Å². The average molecular weight is 421 g/mol. The van der Waals surface area contributed by atoms with E-state index >= 15 is 0 Å². The van der Waals surface area contributed by atoms with Crippen LogP contribution in [0.25, 0.3) is 0 Å². The standard InChI is InChI=1S/C21H28N2O3S2/c1-16-9-11-20(12-10-16)23(28(4,25)26)18(3)21(24)22-13-14-27-15-19-8-6-5-7-17(19)2/h5-12,18H,13-15H2,1-4H3,(H,22,24). The number of carbonyl (C=O) groups excluding carboxylic acids is 1. The fourth-order valence-electron chi connectivity index (χ4n) is 2.85. The highest BCUT2D eigenvalue weighted by atomic mass is 32.2. The molecule has 0 aliphatic carbocycles. The number of nitrogens with zero attached hydrogens (tertiary/aromatic N) is 1. The van der Waals surface area contributed by atoms with Crippen LogP contribution < -0.4 is 9.62 Å². The number of rotatable bonds is 9. The third-order valence-corrected chi connectivity index (χ3v) is 6.69. The average Bonchev–Trinajstić information content (AvgIpc) is 2.63. The van der Waals surface area contributed by atoms with Crippen LogP contribution in [0, 0.1) is 13.8 Å². The number of benzene rings is 2. The maximum absolute atomic E-state index is 12.5. The molecule has 1 N–H and O–H groups in total. The van der Waals surface area contributed by atoms with E-state index in [1.807, 2.05) is 31.2 Å². The van der Waals surface area contributed by atoms with Crippen LogP contribution in [0.5, 0.6) is 0 Å². The minimum Gasteiger partial charge on any atom is -0.353 e. The van der Waals surface area contributed by atoms with Crippen LogP contribution in [-0.2, 0) is 20.6 Å². The highest BCUT2D eigenvalue weighted by Gasteiger charge is 2.28. The third-order valence-electron chi connectivity index (χ3n) is 4.44. The number of hydrogen-bond acceptors (Lipinski definition) is 4. The van der Waals surface area contributed by atoms with Gasteiger partial charge in [-0.25, -0.2) is 8.42 Å². The van der Waals surface area contributed by atoms with Crippen molar-refractivity contribution < 1.29 is 13.2 Å². The summed E-state index contributed by atoms with van der Waals surface area (Å²) in [4.78, 5) is 12.5. The van der Waals surface area contributed by atoms with Crippen LogP contribution in [0.1, 0.15) is 23.6 Å². The fourth-order valence-corrected chi connectivity index (χ4v) is 4.96. The smallest absolute Gasteiger partial charge is 0.243 e. The number of hydrogen-bond donors (Lipinski definition) is 1. The molecule has 0 radical (unpaired) electrons. The van der Waals surface area contributed by atoms with E-state index in [-0.39, 0.29) is 5.91 Å². The molecule has 0 aliphatic heterocycles. The molecule has 0 fully saturated rings. The maximum atomic E-state index is 12.5. The van der Waals surface area contributed by atoms with Crippen LogP contribution in [0.4, 0.5) is 5.69 Å². The van der Waals surface area contributed by atoms with Crippen molar-refractivity contribution in [1.29, 1.82) is 0 Å². The summed E-state index contributed by atoms with van der Waals surface area (Å²) in [5.74, 6) is 1.34. The Morgan fingerprint density at radius 1 is 1.11 bits per heavy atom. The molecule has 0 saturated heterocycles. The highest BCUT2D eigenvalue weighted by Crippen LogP contribution is 2.21. The third kappa shape index (κ3) is 6.27. The van der Waals surface area contributed by atoms with E-state index in [0.29, 0.717) is 12.2 Å². The van der Waals surface area contributed by atoms with Gasteiger partial charge in [0.2, 0.25) is 15.9 Å². The molecule has 2 aromatic rings. The summed E-state index contributed by atoms with van der Waals surface area (Å²) in [5, 5.41) is 2.85. The second-order valence-corrected chi connectivity index (χ2v) is 9.81. The minimum absolute atomic E-state index is 0.303. The van der Waals surface area contributed by atoms with Crippen molar-refractivity contribution >= 4 is 33.4 Å². The van der Waals surface area contributed by atoms with Crippen molar-refractivity contribution in [1.82, 2.24) is 5.32 Å². The van der Waals surface area contributed by atoms with Gasteiger partial charge in [0, 0.05) is 18.1 Å². The van der Waals surface area contributed by atoms with Gasteiger partial charge in [0.1, 0.15) is 6.04 Å². The Hall–Kier alpha value is -1.99.